The molecule has 1 amide bonds. The molecule has 1 N–H and O–H groups in total. The van der Waals surface area contributed by atoms with Crippen LogP contribution in [0, 0.1) is 11.6 Å². The van der Waals surface area contributed by atoms with Crippen molar-refractivity contribution < 1.29 is 36.2 Å². The van der Waals surface area contributed by atoms with Crippen LogP contribution < -0.4 is 14.8 Å². The predicted molar refractivity (Wildman–Crippen MR) is 112 cm³/mol. The minimum absolute atomic E-state index is 0.0153. The van der Waals surface area contributed by atoms with E-state index in [2.05, 4.69) is 15.0 Å². The molecule has 0 saturated carbocycles. The number of amides is 1. The number of halogens is 4. The Balaban J connectivity index is 1.35. The van der Waals surface area contributed by atoms with Crippen LogP contribution in [0.25, 0.3) is 11.3 Å². The Kier molecular flexibility index (Phi) is 6.59. The number of rotatable bonds is 8. The van der Waals surface area contributed by atoms with Gasteiger partial charge in [-0.1, -0.05) is 0 Å². The highest BCUT2D eigenvalue weighted by Crippen LogP contribution is 2.27. The standard InChI is InChI=1S/C22H14F4N2O4S/c23-13-3-7-18(16(24)9-13)30-10-15-6-8-19(31-15)20(29)28-22-27-17(11-33-22)12-1-4-14(5-2-12)32-21(25)26/h1-9,11,21H,10H2,(H,27,28,29). The molecule has 4 rings (SSSR count). The van der Waals surface area contributed by atoms with Crippen LogP contribution >= 0.6 is 11.3 Å². The third kappa shape index (κ3) is 5.69. The molecule has 0 bridgehead atoms. The Morgan fingerprint density at radius 1 is 1.09 bits per heavy atom. The molecule has 2 aromatic heterocycles. The third-order valence-electron chi connectivity index (χ3n) is 4.25. The summed E-state index contributed by atoms with van der Waals surface area (Å²) in [6, 6.07) is 11.8. The number of nitrogens with one attached hydrogen (secondary N) is 1. The molecule has 6 nitrogen and oxygen atoms in total. The Labute approximate surface area is 188 Å². The number of nitrogens with zero attached hydrogens (tertiary/aromatic N) is 1. The Bertz CT molecular complexity index is 1260. The summed E-state index contributed by atoms with van der Waals surface area (Å²) in [6.45, 7) is -3.07. The SMILES string of the molecule is O=C(Nc1nc(-c2ccc(OC(F)F)cc2)cs1)c1ccc(COc2ccc(F)cc2F)o1. The fourth-order valence-electron chi connectivity index (χ4n) is 2.75. The van der Waals surface area contributed by atoms with E-state index in [0.717, 1.165) is 12.1 Å². The van der Waals surface area contributed by atoms with Gasteiger partial charge in [0.25, 0.3) is 5.91 Å². The fourth-order valence-corrected chi connectivity index (χ4v) is 3.46. The Morgan fingerprint density at radius 2 is 1.88 bits per heavy atom. The smallest absolute Gasteiger partial charge is 0.387 e. The van der Waals surface area contributed by atoms with Gasteiger partial charge in [0.15, 0.2) is 22.5 Å². The molecule has 0 atom stereocenters. The molecule has 0 spiro atoms. The molecular weight excluding hydrogens is 464 g/mol. The molecule has 0 aliphatic heterocycles. The van der Waals surface area contributed by atoms with E-state index in [4.69, 9.17) is 9.15 Å². The van der Waals surface area contributed by atoms with Gasteiger partial charge in [0.05, 0.1) is 5.69 Å². The summed E-state index contributed by atoms with van der Waals surface area (Å²) in [5, 5.41) is 4.59. The molecule has 2 aromatic carbocycles. The zero-order valence-electron chi connectivity index (χ0n) is 16.6. The minimum atomic E-state index is -2.91. The molecule has 170 valence electrons. The number of hydrogen-bond acceptors (Lipinski definition) is 6. The first kappa shape index (κ1) is 22.3. The quantitative estimate of drug-likeness (QED) is 0.309. The molecule has 4 aromatic rings. The molecule has 0 aliphatic rings. The highest BCUT2D eigenvalue weighted by molar-refractivity contribution is 7.14. The van der Waals surface area contributed by atoms with Crippen molar-refractivity contribution >= 4 is 22.4 Å². The number of aromatic nitrogens is 1. The zero-order chi connectivity index (χ0) is 23.4. The maximum absolute atomic E-state index is 13.6. The topological polar surface area (TPSA) is 73.6 Å². The number of ether oxygens (including phenoxy) is 2. The minimum Gasteiger partial charge on any atom is -0.483 e. The van der Waals surface area contributed by atoms with Crippen LogP contribution in [0.4, 0.5) is 22.7 Å². The van der Waals surface area contributed by atoms with Gasteiger partial charge in [-0.25, -0.2) is 13.8 Å². The molecule has 11 heteroatoms. The molecule has 0 radical (unpaired) electrons. The molecule has 0 saturated heterocycles. The lowest BCUT2D eigenvalue weighted by atomic mass is 10.2. The van der Waals surface area contributed by atoms with Gasteiger partial charge in [-0.05, 0) is 48.5 Å². The van der Waals surface area contributed by atoms with Crippen LogP contribution in [-0.2, 0) is 6.61 Å². The van der Waals surface area contributed by atoms with Gasteiger partial charge in [0.1, 0.15) is 23.9 Å². The van der Waals surface area contributed by atoms with Gasteiger partial charge in [0, 0.05) is 17.0 Å². The second-order valence-corrected chi connectivity index (χ2v) is 7.38. The highest BCUT2D eigenvalue weighted by atomic mass is 32.1. The van der Waals surface area contributed by atoms with Crippen molar-refractivity contribution in [2.45, 2.75) is 13.2 Å². The first-order chi connectivity index (χ1) is 15.9. The third-order valence-corrected chi connectivity index (χ3v) is 5.01. The molecule has 0 aliphatic carbocycles. The van der Waals surface area contributed by atoms with Crippen molar-refractivity contribution in [2.24, 2.45) is 0 Å². The normalized spacial score (nSPS) is 10.9. The maximum Gasteiger partial charge on any atom is 0.387 e. The summed E-state index contributed by atoms with van der Waals surface area (Å²) in [4.78, 5) is 16.7. The lowest BCUT2D eigenvalue weighted by Gasteiger charge is -2.05. The van der Waals surface area contributed by atoms with E-state index in [1.165, 1.54) is 35.6 Å². The number of carbonyl (C=O) groups is 1. The molecule has 0 unspecified atom stereocenters. The van der Waals surface area contributed by atoms with E-state index in [0.29, 0.717) is 22.5 Å². The summed E-state index contributed by atoms with van der Waals surface area (Å²) in [7, 11) is 0. The first-order valence-corrected chi connectivity index (χ1v) is 10.2. The summed E-state index contributed by atoms with van der Waals surface area (Å²) < 4.78 is 66.0. The van der Waals surface area contributed by atoms with E-state index >= 15 is 0 Å². The largest absolute Gasteiger partial charge is 0.483 e. The van der Waals surface area contributed by atoms with E-state index in [-0.39, 0.29) is 29.6 Å². The van der Waals surface area contributed by atoms with Crippen molar-refractivity contribution in [3.8, 4) is 22.8 Å². The number of thiazole rings is 1. The number of carbonyl (C=O) groups excluding carboxylic acids is 1. The second kappa shape index (κ2) is 9.74. The summed E-state index contributed by atoms with van der Waals surface area (Å²) in [5.74, 6) is -2.01. The van der Waals surface area contributed by atoms with Crippen molar-refractivity contribution in [1.82, 2.24) is 4.98 Å². The van der Waals surface area contributed by atoms with Crippen LogP contribution in [0.15, 0.2) is 64.4 Å². The lowest BCUT2D eigenvalue weighted by Crippen LogP contribution is -2.10. The first-order valence-electron chi connectivity index (χ1n) is 9.36. The zero-order valence-corrected chi connectivity index (χ0v) is 17.4. The average Bonchev–Trinajstić information content (AvgIpc) is 3.43. The van der Waals surface area contributed by atoms with Crippen molar-refractivity contribution in [2.75, 3.05) is 5.32 Å². The van der Waals surface area contributed by atoms with Gasteiger partial charge < -0.3 is 13.9 Å². The lowest BCUT2D eigenvalue weighted by molar-refractivity contribution is -0.0498. The number of alkyl halides is 2. The number of furan rings is 1. The highest BCUT2D eigenvalue weighted by Gasteiger charge is 2.15. The van der Waals surface area contributed by atoms with E-state index in [1.54, 1.807) is 17.5 Å². The Morgan fingerprint density at radius 3 is 2.61 bits per heavy atom. The number of benzene rings is 2. The van der Waals surface area contributed by atoms with Crippen molar-refractivity contribution in [3.63, 3.8) is 0 Å². The number of anilines is 1. The summed E-state index contributed by atoms with van der Waals surface area (Å²) >= 11 is 1.17. The van der Waals surface area contributed by atoms with Crippen LogP contribution in [0.3, 0.4) is 0 Å². The second-order valence-electron chi connectivity index (χ2n) is 6.52. The van der Waals surface area contributed by atoms with Gasteiger partial charge >= 0.3 is 6.61 Å². The molecule has 2 heterocycles. The van der Waals surface area contributed by atoms with Gasteiger partial charge in [-0.15, -0.1) is 11.3 Å². The average molecular weight is 478 g/mol. The van der Waals surface area contributed by atoms with E-state index in [9.17, 15) is 22.4 Å². The summed E-state index contributed by atoms with van der Waals surface area (Å²) in [5.41, 5.74) is 1.19. The summed E-state index contributed by atoms with van der Waals surface area (Å²) in [6.07, 6.45) is 0. The van der Waals surface area contributed by atoms with Crippen molar-refractivity contribution in [3.05, 3.63) is 83.1 Å². The van der Waals surface area contributed by atoms with Crippen LogP contribution in [0.5, 0.6) is 11.5 Å². The van der Waals surface area contributed by atoms with Gasteiger partial charge in [-0.3, -0.25) is 10.1 Å². The van der Waals surface area contributed by atoms with Crippen molar-refractivity contribution in [1.29, 1.82) is 0 Å². The molecule has 33 heavy (non-hydrogen) atoms. The van der Waals surface area contributed by atoms with Crippen LogP contribution in [-0.4, -0.2) is 17.5 Å². The molecule has 0 fully saturated rings. The predicted octanol–water partition coefficient (Wildman–Crippen LogP) is 6.11. The number of hydrogen-bond donors (Lipinski definition) is 1. The van der Waals surface area contributed by atoms with E-state index in [1.807, 2.05) is 0 Å². The van der Waals surface area contributed by atoms with Crippen LogP contribution in [0.1, 0.15) is 16.3 Å². The van der Waals surface area contributed by atoms with Crippen LogP contribution in [0.2, 0.25) is 0 Å². The van der Waals surface area contributed by atoms with Gasteiger partial charge in [-0.2, -0.15) is 8.78 Å². The Hall–Kier alpha value is -3.86. The van der Waals surface area contributed by atoms with E-state index < -0.39 is 24.2 Å². The molecular formula is C22H14F4N2O4S. The monoisotopic (exact) mass is 478 g/mol. The maximum atomic E-state index is 13.6. The fraction of sp³-hybridized carbons (Fsp3) is 0.0909. The van der Waals surface area contributed by atoms with Gasteiger partial charge in [0.2, 0.25) is 0 Å².